The second-order valence-electron chi connectivity index (χ2n) is 3.30. The Kier molecular flexibility index (Phi) is 12.8. The number of rotatable bonds is 7. The van der Waals surface area contributed by atoms with Gasteiger partial charge >= 0.3 is 60.4 Å². The number of hydrogen-bond donors (Lipinski definition) is 3. The van der Waals surface area contributed by atoms with Crippen molar-refractivity contribution in [1.82, 2.24) is 0 Å². The van der Waals surface area contributed by atoms with Crippen LogP contribution >= 0.6 is 0 Å². The first-order valence-electron chi connectivity index (χ1n) is 4.80. The molecule has 0 aliphatic carbocycles. The summed E-state index contributed by atoms with van der Waals surface area (Å²) in [5.41, 5.74) is 0. The van der Waals surface area contributed by atoms with E-state index in [4.69, 9.17) is 14.4 Å². The summed E-state index contributed by atoms with van der Waals surface area (Å²) in [6.45, 7) is 4.38. The Balaban J connectivity index is 0. The molecular formula is C8H21KO4Si. The van der Waals surface area contributed by atoms with Gasteiger partial charge < -0.3 is 18.8 Å². The fraction of sp³-hybridized carbons (Fsp3) is 1.00. The molecule has 0 aromatic rings. The van der Waals surface area contributed by atoms with Gasteiger partial charge in [0, 0.05) is 6.61 Å². The van der Waals surface area contributed by atoms with Gasteiger partial charge in [0.25, 0.3) is 0 Å². The zero-order valence-corrected chi connectivity index (χ0v) is 9.36. The molecule has 14 heavy (non-hydrogen) atoms. The molecule has 0 saturated heterocycles. The van der Waals surface area contributed by atoms with Crippen molar-refractivity contribution in [2.75, 3.05) is 6.61 Å². The van der Waals surface area contributed by atoms with E-state index in [-0.39, 0.29) is 58.0 Å². The first kappa shape index (κ1) is 18.1. The van der Waals surface area contributed by atoms with Crippen LogP contribution < -0.4 is 0 Å². The van der Waals surface area contributed by atoms with Crippen molar-refractivity contribution in [2.45, 2.75) is 39.5 Å². The number of hydrogen-bond acceptors (Lipinski definition) is 4. The molecule has 0 rings (SSSR count). The van der Waals surface area contributed by atoms with Gasteiger partial charge in [0.1, 0.15) is 0 Å². The molecule has 0 spiro atoms. The molecular weight excluding hydrogens is 227 g/mol. The van der Waals surface area contributed by atoms with Crippen LogP contribution in [0.4, 0.5) is 0 Å². The minimum absolute atomic E-state index is 0. The standard InChI is InChI=1S/C8H20O4Si.K.H/c1-3-5-6-8(4-2)7-12-13(9,10)11;;/h8-11H,3-7H2,1-2H3;;. The Morgan fingerprint density at radius 2 is 1.79 bits per heavy atom. The van der Waals surface area contributed by atoms with Crippen molar-refractivity contribution >= 4 is 60.4 Å². The SMILES string of the molecule is CCCCC(CC)CO[Si](O)(O)O.[KH]. The third kappa shape index (κ3) is 11.8. The predicted molar refractivity (Wildman–Crippen MR) is 58.8 cm³/mol. The van der Waals surface area contributed by atoms with E-state index < -0.39 is 9.05 Å². The van der Waals surface area contributed by atoms with Crippen molar-refractivity contribution < 1.29 is 18.8 Å². The molecule has 0 radical (unpaired) electrons. The van der Waals surface area contributed by atoms with E-state index in [1.54, 1.807) is 0 Å². The molecule has 3 N–H and O–H groups in total. The second-order valence-corrected chi connectivity index (χ2v) is 4.74. The fourth-order valence-corrected chi connectivity index (χ4v) is 1.59. The molecule has 0 aromatic carbocycles. The van der Waals surface area contributed by atoms with Gasteiger partial charge in [-0.1, -0.05) is 33.1 Å². The molecule has 0 saturated carbocycles. The van der Waals surface area contributed by atoms with E-state index in [2.05, 4.69) is 11.3 Å². The quantitative estimate of drug-likeness (QED) is 0.554. The van der Waals surface area contributed by atoms with Crippen LogP contribution in [0.1, 0.15) is 39.5 Å². The second kappa shape index (κ2) is 9.89. The van der Waals surface area contributed by atoms with E-state index in [1.807, 2.05) is 6.92 Å². The van der Waals surface area contributed by atoms with Crippen LogP contribution in [0.15, 0.2) is 0 Å². The first-order chi connectivity index (χ1) is 5.99. The van der Waals surface area contributed by atoms with Crippen LogP contribution in [0.3, 0.4) is 0 Å². The van der Waals surface area contributed by atoms with Crippen LogP contribution in [0.5, 0.6) is 0 Å². The average Bonchev–Trinajstić information content (AvgIpc) is 2.03. The van der Waals surface area contributed by atoms with Gasteiger partial charge in [0.2, 0.25) is 0 Å². The number of unbranched alkanes of at least 4 members (excludes halogenated alkanes) is 1. The normalized spacial score (nSPS) is 13.5. The maximum atomic E-state index is 8.62. The van der Waals surface area contributed by atoms with Crippen molar-refractivity contribution in [3.63, 3.8) is 0 Å². The summed E-state index contributed by atoms with van der Waals surface area (Å²) in [6.07, 6.45) is 4.18. The molecule has 0 aliphatic rings. The maximum absolute atomic E-state index is 8.62. The van der Waals surface area contributed by atoms with Gasteiger partial charge in [0.15, 0.2) is 0 Å². The molecule has 4 nitrogen and oxygen atoms in total. The fourth-order valence-electron chi connectivity index (χ4n) is 1.13. The summed E-state index contributed by atoms with van der Waals surface area (Å²) < 4.78 is 4.58. The van der Waals surface area contributed by atoms with E-state index in [0.717, 1.165) is 25.7 Å². The topological polar surface area (TPSA) is 69.9 Å². The van der Waals surface area contributed by atoms with E-state index >= 15 is 0 Å². The minimum atomic E-state index is -4.28. The van der Waals surface area contributed by atoms with Crippen LogP contribution in [-0.2, 0) is 4.43 Å². The predicted octanol–water partition coefficient (Wildman–Crippen LogP) is -0.0166. The van der Waals surface area contributed by atoms with Crippen LogP contribution in [-0.4, -0.2) is 81.4 Å². The Morgan fingerprint density at radius 3 is 2.14 bits per heavy atom. The summed E-state index contributed by atoms with van der Waals surface area (Å²) >= 11 is 0. The van der Waals surface area contributed by atoms with Gasteiger partial charge in [0.05, 0.1) is 0 Å². The molecule has 0 fully saturated rings. The Hall–Kier alpha value is 1.69. The molecule has 82 valence electrons. The average molecular weight is 248 g/mol. The van der Waals surface area contributed by atoms with Crippen LogP contribution in [0.2, 0.25) is 0 Å². The first-order valence-corrected chi connectivity index (χ1v) is 6.55. The van der Waals surface area contributed by atoms with Gasteiger partial charge in [-0.15, -0.1) is 0 Å². The van der Waals surface area contributed by atoms with Crippen molar-refractivity contribution in [1.29, 1.82) is 0 Å². The molecule has 1 unspecified atom stereocenters. The molecule has 0 bridgehead atoms. The third-order valence-electron chi connectivity index (χ3n) is 2.06. The summed E-state index contributed by atoms with van der Waals surface area (Å²) in [4.78, 5) is 25.8. The third-order valence-corrected chi connectivity index (χ3v) is 2.61. The Labute approximate surface area is 130 Å². The molecule has 6 heteroatoms. The zero-order valence-electron chi connectivity index (χ0n) is 8.36. The van der Waals surface area contributed by atoms with Crippen LogP contribution in [0.25, 0.3) is 0 Å². The van der Waals surface area contributed by atoms with E-state index in [9.17, 15) is 0 Å². The molecule has 0 aromatic heterocycles. The summed E-state index contributed by atoms with van der Waals surface area (Å²) in [5.74, 6) is 0.318. The molecule has 1 atom stereocenters. The molecule has 0 amide bonds. The Morgan fingerprint density at radius 1 is 1.21 bits per heavy atom. The molecule has 0 aliphatic heterocycles. The summed E-state index contributed by atoms with van der Waals surface area (Å²) in [7, 11) is -4.28. The van der Waals surface area contributed by atoms with Gasteiger partial charge in [-0.3, -0.25) is 0 Å². The monoisotopic (exact) mass is 248 g/mol. The van der Waals surface area contributed by atoms with Crippen molar-refractivity contribution in [3.8, 4) is 0 Å². The zero-order chi connectivity index (χ0) is 10.3. The summed E-state index contributed by atoms with van der Waals surface area (Å²) in [6, 6.07) is 0. The van der Waals surface area contributed by atoms with Gasteiger partial charge in [-0.25, -0.2) is 0 Å². The van der Waals surface area contributed by atoms with E-state index in [1.165, 1.54) is 0 Å². The van der Waals surface area contributed by atoms with E-state index in [0.29, 0.717) is 5.92 Å². The Bertz CT molecular complexity index is 129. The molecule has 0 heterocycles. The summed E-state index contributed by atoms with van der Waals surface area (Å²) in [5, 5.41) is 0. The van der Waals surface area contributed by atoms with Crippen molar-refractivity contribution in [2.24, 2.45) is 5.92 Å². The van der Waals surface area contributed by atoms with Gasteiger partial charge in [-0.2, -0.15) is 0 Å². The van der Waals surface area contributed by atoms with Gasteiger partial charge in [-0.05, 0) is 12.3 Å². The van der Waals surface area contributed by atoms with Crippen LogP contribution in [0, 0.1) is 5.92 Å². The van der Waals surface area contributed by atoms with Crippen molar-refractivity contribution in [3.05, 3.63) is 0 Å².